The lowest BCUT2D eigenvalue weighted by Gasteiger charge is -2.13. The maximum atomic E-state index is 11.8. The highest BCUT2D eigenvalue weighted by molar-refractivity contribution is 5.83. The van der Waals surface area contributed by atoms with E-state index in [1.807, 2.05) is 34.6 Å². The number of amides is 1. The van der Waals surface area contributed by atoms with Crippen molar-refractivity contribution in [2.45, 2.75) is 54.0 Å². The van der Waals surface area contributed by atoms with E-state index in [4.69, 9.17) is 5.73 Å². The van der Waals surface area contributed by atoms with E-state index in [9.17, 15) is 9.90 Å². The smallest absolute Gasteiger partial charge is 0.241 e. The third kappa shape index (κ3) is 13.8. The molecule has 1 atom stereocenters. The number of hydrogen-bond donors (Lipinski definition) is 3. The Balaban J connectivity index is -0.000000605. The highest BCUT2D eigenvalue weighted by Gasteiger charge is 2.15. The molecule has 4 heteroatoms. The van der Waals surface area contributed by atoms with Crippen LogP contribution in [0.25, 0.3) is 0 Å². The number of phenolic OH excluding ortho intramolecular Hbond substituents is 1. The van der Waals surface area contributed by atoms with Gasteiger partial charge in [-0.2, -0.15) is 0 Å². The number of carbonyl (C=O) groups excluding carboxylic acids is 1. The molecule has 0 heterocycles. The fourth-order valence-electron chi connectivity index (χ4n) is 1.49. The molecule has 4 nitrogen and oxygen atoms in total. The molecule has 0 spiro atoms. The Labute approximate surface area is 154 Å². The second-order valence-electron chi connectivity index (χ2n) is 4.28. The van der Waals surface area contributed by atoms with Crippen LogP contribution in [-0.4, -0.2) is 17.1 Å². The van der Waals surface area contributed by atoms with Crippen LogP contribution in [0.4, 0.5) is 0 Å². The van der Waals surface area contributed by atoms with Crippen LogP contribution >= 0.6 is 0 Å². The summed E-state index contributed by atoms with van der Waals surface area (Å²) in [5, 5.41) is 12.3. The summed E-state index contributed by atoms with van der Waals surface area (Å²) in [7, 11) is 0. The molecule has 0 aliphatic carbocycles. The monoisotopic (exact) mass is 348 g/mol. The lowest BCUT2D eigenvalue weighted by atomic mass is 10.0. The zero-order valence-corrected chi connectivity index (χ0v) is 16.7. The van der Waals surface area contributed by atoms with E-state index < -0.39 is 6.04 Å². The quantitative estimate of drug-likeness (QED) is 0.533. The summed E-state index contributed by atoms with van der Waals surface area (Å²) in [6.45, 7) is 18.6. The second kappa shape index (κ2) is 19.7. The van der Waals surface area contributed by atoms with Crippen LogP contribution in [0.1, 0.15) is 47.1 Å². The van der Waals surface area contributed by atoms with Crippen molar-refractivity contribution in [3.63, 3.8) is 0 Å². The Kier molecular flexibility index (Phi) is 21.7. The summed E-state index contributed by atoms with van der Waals surface area (Å²) in [5.41, 5.74) is 7.06. The van der Waals surface area contributed by atoms with Crippen LogP contribution in [0, 0.1) is 0 Å². The van der Waals surface area contributed by atoms with Gasteiger partial charge in [0.1, 0.15) is 5.75 Å². The zero-order valence-electron chi connectivity index (χ0n) is 16.7. The number of allylic oxidation sites excluding steroid dienone is 3. The molecule has 1 amide bonds. The third-order valence-electron chi connectivity index (χ3n) is 2.57. The van der Waals surface area contributed by atoms with Gasteiger partial charge >= 0.3 is 0 Å². The van der Waals surface area contributed by atoms with Crippen molar-refractivity contribution in [1.29, 1.82) is 0 Å². The fraction of sp³-hybridized carbons (Fsp3) is 0.381. The molecule has 1 aromatic carbocycles. The summed E-state index contributed by atoms with van der Waals surface area (Å²) < 4.78 is 0. The maximum absolute atomic E-state index is 11.8. The first-order valence-electron chi connectivity index (χ1n) is 8.69. The standard InChI is InChI=1S/C14H18N2O2.C3H6.2C2H6/c1-3-11(4-2)16-14(18)12(15)9-10-7-5-6-8-13(10)17;1-3-2;2*1-2/h3-8,12,17H,1,9,15H2,2H3,(H,16,18);3H,1H2,2H3;2*1-2H3/b11-4+;;;. The number of nitrogens with two attached hydrogens (primary N) is 1. The van der Waals surface area contributed by atoms with E-state index in [-0.39, 0.29) is 18.1 Å². The van der Waals surface area contributed by atoms with Crippen molar-refractivity contribution in [2.24, 2.45) is 5.73 Å². The van der Waals surface area contributed by atoms with Crippen molar-refractivity contribution in [3.8, 4) is 5.75 Å². The number of nitrogens with one attached hydrogen (secondary N) is 1. The summed E-state index contributed by atoms with van der Waals surface area (Å²) in [5.74, 6) is -0.151. The molecule has 1 aromatic rings. The van der Waals surface area contributed by atoms with Gasteiger partial charge in [0.25, 0.3) is 0 Å². The molecule has 0 bridgehead atoms. The van der Waals surface area contributed by atoms with Gasteiger partial charge in [0.2, 0.25) is 5.91 Å². The van der Waals surface area contributed by atoms with Crippen molar-refractivity contribution in [1.82, 2.24) is 5.32 Å². The number of benzene rings is 1. The van der Waals surface area contributed by atoms with Crippen LogP contribution in [0.15, 0.2) is 61.3 Å². The van der Waals surface area contributed by atoms with Crippen LogP contribution in [-0.2, 0) is 11.2 Å². The lowest BCUT2D eigenvalue weighted by Crippen LogP contribution is -2.41. The van der Waals surface area contributed by atoms with E-state index in [0.29, 0.717) is 11.3 Å². The highest BCUT2D eigenvalue weighted by Crippen LogP contribution is 2.16. The average Bonchev–Trinajstić information content (AvgIpc) is 2.65. The first-order chi connectivity index (χ1) is 12.0. The minimum atomic E-state index is -0.715. The SMILES string of the molecule is C=C/C(=C\C)NC(=O)C(N)Cc1ccccc1O.C=CC.CC.CC. The van der Waals surface area contributed by atoms with Gasteiger partial charge in [0.15, 0.2) is 0 Å². The highest BCUT2D eigenvalue weighted by atomic mass is 16.3. The molecule has 25 heavy (non-hydrogen) atoms. The summed E-state index contributed by atoms with van der Waals surface area (Å²) in [4.78, 5) is 11.8. The van der Waals surface area contributed by atoms with Crippen molar-refractivity contribution >= 4 is 5.91 Å². The molecule has 0 saturated heterocycles. The molecule has 1 unspecified atom stereocenters. The van der Waals surface area contributed by atoms with Crippen LogP contribution in [0.5, 0.6) is 5.75 Å². The maximum Gasteiger partial charge on any atom is 0.241 e. The molecular weight excluding hydrogens is 312 g/mol. The van der Waals surface area contributed by atoms with Crippen molar-refractivity contribution < 1.29 is 9.90 Å². The molecule has 142 valence electrons. The Bertz CT molecular complexity index is 508. The van der Waals surface area contributed by atoms with Gasteiger partial charge in [-0.05, 0) is 31.6 Å². The minimum absolute atomic E-state index is 0.149. The van der Waals surface area contributed by atoms with Gasteiger partial charge in [-0.25, -0.2) is 0 Å². The molecule has 0 radical (unpaired) electrons. The van der Waals surface area contributed by atoms with Gasteiger partial charge in [0.05, 0.1) is 6.04 Å². The molecule has 0 aliphatic heterocycles. The van der Waals surface area contributed by atoms with Crippen molar-refractivity contribution in [3.05, 3.63) is 66.9 Å². The molecule has 1 rings (SSSR count). The first kappa shape index (κ1) is 27.5. The number of rotatable bonds is 5. The normalized spacial score (nSPS) is 10.3. The van der Waals surface area contributed by atoms with E-state index in [1.165, 1.54) is 0 Å². The first-order valence-corrected chi connectivity index (χ1v) is 8.69. The molecule has 0 aromatic heterocycles. The van der Waals surface area contributed by atoms with Gasteiger partial charge in [-0.15, -0.1) is 6.58 Å². The third-order valence-corrected chi connectivity index (χ3v) is 2.57. The van der Waals surface area contributed by atoms with Crippen LogP contribution < -0.4 is 11.1 Å². The second-order valence-corrected chi connectivity index (χ2v) is 4.28. The van der Waals surface area contributed by atoms with E-state index >= 15 is 0 Å². The minimum Gasteiger partial charge on any atom is -0.508 e. The lowest BCUT2D eigenvalue weighted by molar-refractivity contribution is -0.121. The van der Waals surface area contributed by atoms with E-state index in [2.05, 4.69) is 18.5 Å². The number of aromatic hydroxyl groups is 1. The molecule has 4 N–H and O–H groups in total. The average molecular weight is 349 g/mol. The Morgan fingerprint density at radius 2 is 1.68 bits per heavy atom. The molecule has 0 fully saturated rings. The van der Waals surface area contributed by atoms with Crippen molar-refractivity contribution in [2.75, 3.05) is 0 Å². The molecule has 0 aliphatic rings. The van der Waals surface area contributed by atoms with Crippen LogP contribution in [0.3, 0.4) is 0 Å². The predicted octanol–water partition coefficient (Wildman–Crippen LogP) is 4.71. The van der Waals surface area contributed by atoms with Gasteiger partial charge in [-0.1, -0.05) is 64.6 Å². The summed E-state index contributed by atoms with van der Waals surface area (Å²) in [6.07, 6.45) is 5.31. The van der Waals surface area contributed by atoms with Gasteiger partial charge in [-0.3, -0.25) is 4.79 Å². The molecular formula is C21H36N2O2. The zero-order chi connectivity index (χ0) is 20.3. The summed E-state index contributed by atoms with van der Waals surface area (Å²) >= 11 is 0. The predicted molar refractivity (Wildman–Crippen MR) is 110 cm³/mol. The Morgan fingerprint density at radius 1 is 1.20 bits per heavy atom. The number of hydrogen-bond acceptors (Lipinski definition) is 3. The number of phenols is 1. The summed E-state index contributed by atoms with van der Waals surface area (Å²) in [6, 6.07) is 6.11. The number of carbonyl (C=O) groups is 1. The fourth-order valence-corrected chi connectivity index (χ4v) is 1.49. The number of para-hydroxylation sites is 1. The van der Waals surface area contributed by atoms with E-state index in [0.717, 1.165) is 0 Å². The topological polar surface area (TPSA) is 75.4 Å². The molecule has 0 saturated carbocycles. The van der Waals surface area contributed by atoms with Crippen LogP contribution in [0.2, 0.25) is 0 Å². The largest absolute Gasteiger partial charge is 0.508 e. The van der Waals surface area contributed by atoms with Gasteiger partial charge < -0.3 is 16.2 Å². The Hall–Kier alpha value is -2.33. The Morgan fingerprint density at radius 3 is 2.08 bits per heavy atom. The van der Waals surface area contributed by atoms with E-state index in [1.54, 1.807) is 49.4 Å². The van der Waals surface area contributed by atoms with Gasteiger partial charge in [0, 0.05) is 12.1 Å².